The van der Waals surface area contributed by atoms with Crippen molar-refractivity contribution in [2.75, 3.05) is 6.54 Å². The van der Waals surface area contributed by atoms with Gasteiger partial charge in [-0.05, 0) is 23.2 Å². The largest absolute Gasteiger partial charge is 0.478 e. The smallest absolute Gasteiger partial charge is 0.338 e. The normalized spacial score (nSPS) is 10.1. The first-order valence-electron chi connectivity index (χ1n) is 4.35. The van der Waals surface area contributed by atoms with Gasteiger partial charge in [0.15, 0.2) is 0 Å². The number of carbonyl (C=O) groups is 1. The van der Waals surface area contributed by atoms with Gasteiger partial charge in [0, 0.05) is 11.5 Å². The number of azide groups is 1. The molecule has 0 fully saturated rings. The highest BCUT2D eigenvalue weighted by atomic mass is 19.1. The van der Waals surface area contributed by atoms with E-state index in [1.54, 1.807) is 12.2 Å². The van der Waals surface area contributed by atoms with Crippen molar-refractivity contribution in [3.05, 3.63) is 51.7 Å². The highest BCUT2D eigenvalue weighted by molar-refractivity contribution is 5.88. The summed E-state index contributed by atoms with van der Waals surface area (Å²) in [5.74, 6) is -2.09. The molecule has 0 heterocycles. The number of nitrogens with zero attached hydrogens (tertiary/aromatic N) is 3. The minimum atomic E-state index is -1.32. The molecule has 0 atom stereocenters. The second-order valence-corrected chi connectivity index (χ2v) is 2.86. The molecule has 0 aliphatic carbocycles. The Balaban J connectivity index is 2.90. The lowest BCUT2D eigenvalue weighted by Gasteiger charge is -1.98. The number of benzene rings is 1. The fourth-order valence-electron chi connectivity index (χ4n) is 1.08. The van der Waals surface area contributed by atoms with Crippen molar-refractivity contribution in [3.8, 4) is 0 Å². The summed E-state index contributed by atoms with van der Waals surface area (Å²) in [5.41, 5.74) is 8.16. The zero-order valence-corrected chi connectivity index (χ0v) is 8.17. The van der Waals surface area contributed by atoms with Crippen LogP contribution in [0.2, 0.25) is 0 Å². The molecule has 0 bridgehead atoms. The lowest BCUT2D eigenvalue weighted by Crippen LogP contribution is -2.00. The van der Waals surface area contributed by atoms with Crippen LogP contribution in [0.15, 0.2) is 29.4 Å². The van der Waals surface area contributed by atoms with E-state index in [-0.39, 0.29) is 12.1 Å². The molecule has 6 heteroatoms. The molecule has 16 heavy (non-hydrogen) atoms. The Hall–Kier alpha value is -2.33. The van der Waals surface area contributed by atoms with Gasteiger partial charge in [-0.2, -0.15) is 0 Å². The van der Waals surface area contributed by atoms with E-state index in [0.29, 0.717) is 5.56 Å². The van der Waals surface area contributed by atoms with Gasteiger partial charge in [-0.1, -0.05) is 23.3 Å². The number of rotatable bonds is 4. The summed E-state index contributed by atoms with van der Waals surface area (Å²) < 4.78 is 13.0. The van der Waals surface area contributed by atoms with Crippen LogP contribution < -0.4 is 0 Å². The third-order valence-corrected chi connectivity index (χ3v) is 1.78. The lowest BCUT2D eigenvalue weighted by molar-refractivity contribution is 0.0692. The van der Waals surface area contributed by atoms with Gasteiger partial charge in [0.2, 0.25) is 0 Å². The number of hydrogen-bond donors (Lipinski definition) is 1. The van der Waals surface area contributed by atoms with Gasteiger partial charge < -0.3 is 5.11 Å². The number of carboxylic acids is 1. The Morgan fingerprint density at radius 2 is 2.38 bits per heavy atom. The monoisotopic (exact) mass is 221 g/mol. The predicted molar refractivity (Wildman–Crippen MR) is 56.4 cm³/mol. The van der Waals surface area contributed by atoms with Crippen molar-refractivity contribution in [1.82, 2.24) is 0 Å². The predicted octanol–water partition coefficient (Wildman–Crippen LogP) is 2.85. The second kappa shape index (κ2) is 5.53. The Kier molecular flexibility index (Phi) is 4.06. The molecule has 1 aromatic rings. The molecule has 1 rings (SSSR count). The Labute approximate surface area is 90.5 Å². The van der Waals surface area contributed by atoms with Crippen LogP contribution in [0.5, 0.6) is 0 Å². The van der Waals surface area contributed by atoms with Crippen molar-refractivity contribution in [2.24, 2.45) is 5.11 Å². The average Bonchev–Trinajstić information content (AvgIpc) is 2.26. The topological polar surface area (TPSA) is 86.1 Å². The fraction of sp³-hybridized carbons (Fsp3) is 0.100. The summed E-state index contributed by atoms with van der Waals surface area (Å²) in [4.78, 5) is 13.2. The molecule has 5 nitrogen and oxygen atoms in total. The van der Waals surface area contributed by atoms with Gasteiger partial charge in [-0.25, -0.2) is 9.18 Å². The Morgan fingerprint density at radius 1 is 1.62 bits per heavy atom. The van der Waals surface area contributed by atoms with Crippen molar-refractivity contribution in [3.63, 3.8) is 0 Å². The maximum Gasteiger partial charge on any atom is 0.338 e. The summed E-state index contributed by atoms with van der Waals surface area (Å²) >= 11 is 0. The van der Waals surface area contributed by atoms with Gasteiger partial charge in [-0.3, -0.25) is 0 Å². The third-order valence-electron chi connectivity index (χ3n) is 1.78. The molecule has 0 aliphatic rings. The van der Waals surface area contributed by atoms with E-state index in [2.05, 4.69) is 10.0 Å². The first kappa shape index (κ1) is 11.7. The van der Waals surface area contributed by atoms with Crippen LogP contribution in [-0.2, 0) is 0 Å². The van der Waals surface area contributed by atoms with E-state index in [0.717, 1.165) is 6.07 Å². The van der Waals surface area contributed by atoms with Crippen molar-refractivity contribution in [1.29, 1.82) is 0 Å². The molecule has 0 saturated heterocycles. The van der Waals surface area contributed by atoms with Gasteiger partial charge in [-0.15, -0.1) is 0 Å². The highest BCUT2D eigenvalue weighted by Gasteiger charge is 2.09. The summed E-state index contributed by atoms with van der Waals surface area (Å²) in [6, 6.07) is 3.73. The molecule has 1 aromatic carbocycles. The van der Waals surface area contributed by atoms with E-state index in [9.17, 15) is 9.18 Å². The molecule has 0 saturated carbocycles. The molecular weight excluding hydrogens is 213 g/mol. The Bertz CT molecular complexity index is 479. The van der Waals surface area contributed by atoms with E-state index >= 15 is 0 Å². The van der Waals surface area contributed by atoms with Crippen LogP contribution in [0.4, 0.5) is 4.39 Å². The standard InChI is InChI=1S/C10H8FN3O2/c11-9-4-3-7(2-1-5-13-14-12)6-8(9)10(15)16/h1-4,6H,5H2,(H,15,16). The highest BCUT2D eigenvalue weighted by Crippen LogP contribution is 2.11. The van der Waals surface area contributed by atoms with Gasteiger partial charge in [0.05, 0.1) is 5.56 Å². The molecule has 0 aliphatic heterocycles. The number of hydrogen-bond acceptors (Lipinski definition) is 2. The summed E-state index contributed by atoms with van der Waals surface area (Å²) in [5, 5.41) is 11.9. The van der Waals surface area contributed by atoms with E-state index < -0.39 is 11.8 Å². The molecule has 0 aromatic heterocycles. The fourth-order valence-corrected chi connectivity index (χ4v) is 1.08. The van der Waals surface area contributed by atoms with E-state index in [4.69, 9.17) is 10.6 Å². The van der Waals surface area contributed by atoms with Gasteiger partial charge >= 0.3 is 5.97 Å². The molecular formula is C10H8FN3O2. The van der Waals surface area contributed by atoms with Crippen LogP contribution in [0.3, 0.4) is 0 Å². The third kappa shape index (κ3) is 3.11. The minimum absolute atomic E-state index is 0.163. The maximum absolute atomic E-state index is 13.0. The van der Waals surface area contributed by atoms with Crippen molar-refractivity contribution >= 4 is 12.0 Å². The molecule has 1 N–H and O–H groups in total. The zero-order chi connectivity index (χ0) is 12.0. The van der Waals surface area contributed by atoms with Crippen molar-refractivity contribution < 1.29 is 14.3 Å². The lowest BCUT2D eigenvalue weighted by atomic mass is 10.1. The molecule has 0 radical (unpaired) electrons. The first-order chi connectivity index (χ1) is 7.65. The van der Waals surface area contributed by atoms with Gasteiger partial charge in [0.1, 0.15) is 5.82 Å². The summed E-state index contributed by atoms with van der Waals surface area (Å²) in [7, 11) is 0. The first-order valence-corrected chi connectivity index (χ1v) is 4.35. The van der Waals surface area contributed by atoms with Crippen LogP contribution >= 0.6 is 0 Å². The zero-order valence-electron chi connectivity index (χ0n) is 8.17. The van der Waals surface area contributed by atoms with Gasteiger partial charge in [0.25, 0.3) is 0 Å². The van der Waals surface area contributed by atoms with Crippen molar-refractivity contribution in [2.45, 2.75) is 0 Å². The molecule has 0 spiro atoms. The number of halogens is 1. The minimum Gasteiger partial charge on any atom is -0.478 e. The van der Waals surface area contributed by atoms with E-state index in [1.165, 1.54) is 12.1 Å². The number of carboxylic acid groups (broad SMARTS) is 1. The molecule has 0 amide bonds. The second-order valence-electron chi connectivity index (χ2n) is 2.86. The quantitative estimate of drug-likeness (QED) is 0.481. The Morgan fingerprint density at radius 3 is 3.00 bits per heavy atom. The number of aromatic carboxylic acids is 1. The van der Waals surface area contributed by atoms with Crippen LogP contribution in [0.25, 0.3) is 16.5 Å². The average molecular weight is 221 g/mol. The summed E-state index contributed by atoms with van der Waals surface area (Å²) in [6.07, 6.45) is 3.11. The maximum atomic E-state index is 13.0. The SMILES string of the molecule is [N-]=[N+]=NCC=Cc1ccc(F)c(C(=O)O)c1. The molecule has 82 valence electrons. The van der Waals surface area contributed by atoms with Crippen LogP contribution in [0, 0.1) is 5.82 Å². The summed E-state index contributed by atoms with van der Waals surface area (Å²) in [6.45, 7) is 0.163. The van der Waals surface area contributed by atoms with E-state index in [1.807, 2.05) is 0 Å². The molecule has 0 unspecified atom stereocenters. The van der Waals surface area contributed by atoms with Crippen LogP contribution in [-0.4, -0.2) is 17.6 Å². The van der Waals surface area contributed by atoms with Crippen LogP contribution in [0.1, 0.15) is 15.9 Å².